The zero-order chi connectivity index (χ0) is 14.2. The standard InChI is InChI=1S/C17H17N3S/c1-12-5-2-6-13(11-12)20-16-14(7-3-9-18-16)19-17(20)15-8-4-10-21-15/h2-3,5-7,9,11,15H,4,8,10H2,1H3. The summed E-state index contributed by atoms with van der Waals surface area (Å²) in [5.41, 5.74) is 4.38. The number of fused-ring (bicyclic) bond motifs is 1. The highest BCUT2D eigenvalue weighted by Crippen LogP contribution is 2.41. The van der Waals surface area contributed by atoms with Crippen LogP contribution < -0.4 is 0 Å². The molecule has 1 atom stereocenters. The van der Waals surface area contributed by atoms with Gasteiger partial charge in [-0.05, 0) is 55.3 Å². The van der Waals surface area contributed by atoms with Crippen LogP contribution in [0.2, 0.25) is 0 Å². The summed E-state index contributed by atoms with van der Waals surface area (Å²) in [5, 5.41) is 0.486. The molecule has 0 spiro atoms. The topological polar surface area (TPSA) is 30.7 Å². The molecule has 1 fully saturated rings. The average Bonchev–Trinajstić information content (AvgIpc) is 3.14. The van der Waals surface area contributed by atoms with Crippen LogP contribution in [0.3, 0.4) is 0 Å². The van der Waals surface area contributed by atoms with Gasteiger partial charge in [-0.3, -0.25) is 4.57 Å². The highest BCUT2D eigenvalue weighted by molar-refractivity contribution is 7.99. The first-order chi connectivity index (χ1) is 10.3. The van der Waals surface area contributed by atoms with Crippen molar-refractivity contribution >= 4 is 22.9 Å². The highest BCUT2D eigenvalue weighted by atomic mass is 32.2. The molecule has 2 aromatic heterocycles. The third-order valence-corrected chi connectivity index (χ3v) is 5.29. The van der Waals surface area contributed by atoms with Gasteiger partial charge in [0.25, 0.3) is 0 Å². The molecule has 0 amide bonds. The summed E-state index contributed by atoms with van der Waals surface area (Å²) in [5.74, 6) is 2.38. The summed E-state index contributed by atoms with van der Waals surface area (Å²) >= 11 is 2.01. The normalized spacial score (nSPS) is 18.4. The van der Waals surface area contributed by atoms with Crippen LogP contribution in [-0.4, -0.2) is 20.3 Å². The number of aromatic nitrogens is 3. The number of nitrogens with zero attached hydrogens (tertiary/aromatic N) is 3. The second-order valence-corrected chi connectivity index (χ2v) is 6.80. The smallest absolute Gasteiger partial charge is 0.164 e. The highest BCUT2D eigenvalue weighted by Gasteiger charge is 2.25. The molecule has 0 saturated carbocycles. The Balaban J connectivity index is 1.98. The lowest BCUT2D eigenvalue weighted by atomic mass is 10.2. The molecule has 106 valence electrons. The molecule has 1 aromatic carbocycles. The molecule has 0 aliphatic carbocycles. The van der Waals surface area contributed by atoms with Crippen molar-refractivity contribution in [3.63, 3.8) is 0 Å². The number of thioether (sulfide) groups is 1. The molecule has 21 heavy (non-hydrogen) atoms. The number of aryl methyl sites for hydroxylation is 1. The maximum absolute atomic E-state index is 4.88. The van der Waals surface area contributed by atoms with Gasteiger partial charge >= 0.3 is 0 Å². The van der Waals surface area contributed by atoms with Gasteiger partial charge in [-0.1, -0.05) is 12.1 Å². The SMILES string of the molecule is Cc1cccc(-n2c(C3CCCS3)nc3cccnc32)c1. The maximum Gasteiger partial charge on any atom is 0.164 e. The zero-order valence-electron chi connectivity index (χ0n) is 12.0. The van der Waals surface area contributed by atoms with Gasteiger partial charge in [0.05, 0.1) is 5.25 Å². The molecular weight excluding hydrogens is 278 g/mol. The number of rotatable bonds is 2. The Labute approximate surface area is 128 Å². The van der Waals surface area contributed by atoms with Crippen LogP contribution in [0.15, 0.2) is 42.6 Å². The summed E-state index contributed by atoms with van der Waals surface area (Å²) in [4.78, 5) is 9.45. The molecule has 4 rings (SSSR count). The van der Waals surface area contributed by atoms with Crippen LogP contribution in [-0.2, 0) is 0 Å². The summed E-state index contributed by atoms with van der Waals surface area (Å²) in [6.45, 7) is 2.13. The second-order valence-electron chi connectivity index (χ2n) is 5.49. The van der Waals surface area contributed by atoms with Crippen LogP contribution in [0.1, 0.15) is 29.5 Å². The third-order valence-electron chi connectivity index (χ3n) is 3.92. The summed E-state index contributed by atoms with van der Waals surface area (Å²) in [6.07, 6.45) is 4.33. The van der Waals surface area contributed by atoms with Crippen LogP contribution in [0.25, 0.3) is 16.9 Å². The van der Waals surface area contributed by atoms with Crippen molar-refractivity contribution in [3.8, 4) is 5.69 Å². The van der Waals surface area contributed by atoms with E-state index in [4.69, 9.17) is 4.98 Å². The van der Waals surface area contributed by atoms with Gasteiger partial charge in [-0.25, -0.2) is 9.97 Å². The van der Waals surface area contributed by atoms with E-state index < -0.39 is 0 Å². The van der Waals surface area contributed by atoms with Crippen LogP contribution in [0, 0.1) is 6.92 Å². The molecule has 3 aromatic rings. The van der Waals surface area contributed by atoms with Crippen molar-refractivity contribution in [2.24, 2.45) is 0 Å². The molecule has 0 N–H and O–H groups in total. The van der Waals surface area contributed by atoms with E-state index in [0.717, 1.165) is 17.0 Å². The van der Waals surface area contributed by atoms with Gasteiger partial charge < -0.3 is 0 Å². The summed E-state index contributed by atoms with van der Waals surface area (Å²) in [7, 11) is 0. The number of benzene rings is 1. The predicted molar refractivity (Wildman–Crippen MR) is 88.0 cm³/mol. The number of hydrogen-bond donors (Lipinski definition) is 0. The average molecular weight is 295 g/mol. The minimum absolute atomic E-state index is 0.486. The Kier molecular flexibility index (Phi) is 3.19. The van der Waals surface area contributed by atoms with E-state index in [2.05, 4.69) is 46.8 Å². The Hall–Kier alpha value is -1.81. The fourth-order valence-corrected chi connectivity index (χ4v) is 4.21. The summed E-state index contributed by atoms with van der Waals surface area (Å²) < 4.78 is 2.24. The molecular formula is C17H17N3S. The van der Waals surface area contributed by atoms with Crippen molar-refractivity contribution in [3.05, 3.63) is 54.0 Å². The third kappa shape index (κ3) is 2.23. The van der Waals surface area contributed by atoms with Crippen LogP contribution >= 0.6 is 11.8 Å². The number of hydrogen-bond acceptors (Lipinski definition) is 3. The molecule has 1 aliphatic heterocycles. The van der Waals surface area contributed by atoms with Crippen LogP contribution in [0.5, 0.6) is 0 Å². The van der Waals surface area contributed by atoms with Gasteiger partial charge in [-0.15, -0.1) is 0 Å². The van der Waals surface area contributed by atoms with Gasteiger partial charge in [0.1, 0.15) is 11.3 Å². The Bertz CT molecular complexity index is 788. The molecule has 0 bridgehead atoms. The Morgan fingerprint density at radius 2 is 2.19 bits per heavy atom. The van der Waals surface area contributed by atoms with Gasteiger partial charge in [0.15, 0.2) is 5.65 Å². The number of pyridine rings is 1. The molecule has 1 unspecified atom stereocenters. The lowest BCUT2D eigenvalue weighted by Crippen LogP contribution is -2.04. The minimum atomic E-state index is 0.486. The summed E-state index contributed by atoms with van der Waals surface area (Å²) in [6, 6.07) is 12.6. The van der Waals surface area contributed by atoms with E-state index in [-0.39, 0.29) is 0 Å². The maximum atomic E-state index is 4.88. The number of imidazole rings is 1. The lowest BCUT2D eigenvalue weighted by Gasteiger charge is -2.13. The monoisotopic (exact) mass is 295 g/mol. The van der Waals surface area contributed by atoms with Crippen molar-refractivity contribution < 1.29 is 0 Å². The fourth-order valence-electron chi connectivity index (χ4n) is 2.95. The van der Waals surface area contributed by atoms with Gasteiger partial charge in [0.2, 0.25) is 0 Å². The van der Waals surface area contributed by atoms with E-state index in [9.17, 15) is 0 Å². The molecule has 0 radical (unpaired) electrons. The second kappa shape index (κ2) is 5.19. The fraction of sp³-hybridized carbons (Fsp3) is 0.294. The Morgan fingerprint density at radius 3 is 3.00 bits per heavy atom. The Morgan fingerprint density at radius 1 is 1.24 bits per heavy atom. The first-order valence-electron chi connectivity index (χ1n) is 7.35. The van der Waals surface area contributed by atoms with E-state index in [1.807, 2.05) is 24.0 Å². The quantitative estimate of drug-likeness (QED) is 0.706. The zero-order valence-corrected chi connectivity index (χ0v) is 12.8. The minimum Gasteiger partial charge on any atom is -0.280 e. The lowest BCUT2D eigenvalue weighted by molar-refractivity contribution is 0.765. The molecule has 1 saturated heterocycles. The van der Waals surface area contributed by atoms with Crippen molar-refractivity contribution in [2.75, 3.05) is 5.75 Å². The van der Waals surface area contributed by atoms with Gasteiger partial charge in [0, 0.05) is 11.9 Å². The van der Waals surface area contributed by atoms with E-state index in [1.54, 1.807) is 0 Å². The largest absolute Gasteiger partial charge is 0.280 e. The van der Waals surface area contributed by atoms with E-state index in [1.165, 1.54) is 29.8 Å². The van der Waals surface area contributed by atoms with E-state index >= 15 is 0 Å². The first kappa shape index (κ1) is 12.9. The molecule has 3 nitrogen and oxygen atoms in total. The van der Waals surface area contributed by atoms with Crippen LogP contribution in [0.4, 0.5) is 0 Å². The first-order valence-corrected chi connectivity index (χ1v) is 8.40. The molecule has 1 aliphatic rings. The molecule has 4 heteroatoms. The van der Waals surface area contributed by atoms with Crippen molar-refractivity contribution in [1.29, 1.82) is 0 Å². The van der Waals surface area contributed by atoms with Crippen molar-refractivity contribution in [2.45, 2.75) is 25.0 Å². The molecule has 3 heterocycles. The predicted octanol–water partition coefficient (Wildman–Crippen LogP) is 4.30. The van der Waals surface area contributed by atoms with Gasteiger partial charge in [-0.2, -0.15) is 11.8 Å². The van der Waals surface area contributed by atoms with E-state index in [0.29, 0.717) is 5.25 Å². The van der Waals surface area contributed by atoms with Crippen molar-refractivity contribution in [1.82, 2.24) is 14.5 Å².